The second kappa shape index (κ2) is 45.0. The molecule has 2 unspecified atom stereocenters. The number of allylic oxidation sites excluding steroid dienone is 3. The maximum atomic E-state index is 12.4. The first-order chi connectivity index (χ1) is 27.0. The summed E-state index contributed by atoms with van der Waals surface area (Å²) in [5.74, 6) is -0.141. The minimum Gasteiger partial charge on any atom is -0.466 e. The highest BCUT2D eigenvalue weighted by Gasteiger charge is 2.18. The lowest BCUT2D eigenvalue weighted by atomic mass is 10.0. The normalized spacial score (nSPS) is 12.9. The molecule has 0 bridgehead atoms. The minimum atomic E-state index is -0.864. The van der Waals surface area contributed by atoms with E-state index in [-0.39, 0.29) is 18.5 Å². The van der Waals surface area contributed by atoms with Crippen molar-refractivity contribution < 1.29 is 24.5 Å². The number of ether oxygens (including phenoxy) is 1. The second-order valence-electron chi connectivity index (χ2n) is 16.4. The smallest absolute Gasteiger partial charge is 0.305 e. The lowest BCUT2D eigenvalue weighted by Gasteiger charge is -2.20. The minimum absolute atomic E-state index is 0.0367. The zero-order valence-electron chi connectivity index (χ0n) is 36.7. The molecule has 55 heavy (non-hydrogen) atoms. The molecule has 0 saturated heterocycles. The van der Waals surface area contributed by atoms with Crippen LogP contribution in [0.15, 0.2) is 24.3 Å². The second-order valence-corrected chi connectivity index (χ2v) is 16.4. The molecule has 6 nitrogen and oxygen atoms in total. The standard InChI is InChI=1S/C49H93NO5/c1-3-5-7-9-11-13-15-17-19-21-25-29-33-37-41-47(52)46(45-51)50-48(53)42-38-34-30-26-23-24-28-32-36-40-44-55-49(54)43-39-35-31-27-22-20-18-16-14-12-10-8-6-4-2/h24,28,37,41,46-47,51-52H,3-23,25-27,29-36,38-40,42-45H2,1-2H3,(H,50,53)/b28-24-,41-37+. The quantitative estimate of drug-likeness (QED) is 0.0325. The fourth-order valence-corrected chi connectivity index (χ4v) is 7.21. The van der Waals surface area contributed by atoms with E-state index < -0.39 is 12.1 Å². The van der Waals surface area contributed by atoms with Crippen molar-refractivity contribution in [2.75, 3.05) is 13.2 Å². The third-order valence-electron chi connectivity index (χ3n) is 11.0. The molecule has 0 saturated carbocycles. The Bertz CT molecular complexity index is 858. The summed E-state index contributed by atoms with van der Waals surface area (Å²) in [6.07, 6.45) is 51.7. The largest absolute Gasteiger partial charge is 0.466 e. The number of aliphatic hydroxyl groups excluding tert-OH is 2. The number of hydrogen-bond acceptors (Lipinski definition) is 5. The van der Waals surface area contributed by atoms with Gasteiger partial charge in [-0.25, -0.2) is 0 Å². The third-order valence-corrected chi connectivity index (χ3v) is 11.0. The summed E-state index contributed by atoms with van der Waals surface area (Å²) in [5, 5.41) is 23.0. The summed E-state index contributed by atoms with van der Waals surface area (Å²) < 4.78 is 5.42. The number of amides is 1. The Morgan fingerprint density at radius 2 is 0.855 bits per heavy atom. The molecule has 0 aromatic rings. The van der Waals surface area contributed by atoms with Gasteiger partial charge in [-0.05, 0) is 57.8 Å². The van der Waals surface area contributed by atoms with E-state index in [1.54, 1.807) is 6.08 Å². The zero-order chi connectivity index (χ0) is 40.1. The van der Waals surface area contributed by atoms with Crippen molar-refractivity contribution in [3.8, 4) is 0 Å². The Labute approximate surface area is 341 Å². The monoisotopic (exact) mass is 776 g/mol. The SMILES string of the molecule is CCCCCCCCCCCCCC/C=C/C(O)C(CO)NC(=O)CCCCCC/C=C\CCCCOC(=O)CCCCCCCCCCCCCCCC. The number of carbonyl (C=O) groups is 2. The molecule has 6 heteroatoms. The van der Waals surface area contributed by atoms with Gasteiger partial charge >= 0.3 is 5.97 Å². The highest BCUT2D eigenvalue weighted by molar-refractivity contribution is 5.76. The molecular weight excluding hydrogens is 683 g/mol. The molecule has 324 valence electrons. The average molecular weight is 776 g/mol. The summed E-state index contributed by atoms with van der Waals surface area (Å²) >= 11 is 0. The molecule has 0 aromatic heterocycles. The molecule has 0 aromatic carbocycles. The summed E-state index contributed by atoms with van der Waals surface area (Å²) in [7, 11) is 0. The summed E-state index contributed by atoms with van der Waals surface area (Å²) in [6.45, 7) is 4.81. The van der Waals surface area contributed by atoms with Gasteiger partial charge in [-0.3, -0.25) is 9.59 Å². The first-order valence-corrected chi connectivity index (χ1v) is 24.1. The van der Waals surface area contributed by atoms with Crippen LogP contribution < -0.4 is 5.32 Å². The predicted octanol–water partition coefficient (Wildman–Crippen LogP) is 14.0. The number of nitrogens with one attached hydrogen (secondary N) is 1. The van der Waals surface area contributed by atoms with Gasteiger partial charge in [0.15, 0.2) is 0 Å². The van der Waals surface area contributed by atoms with Gasteiger partial charge in [0.25, 0.3) is 0 Å². The third kappa shape index (κ3) is 41.8. The van der Waals surface area contributed by atoms with Crippen LogP contribution in [0.5, 0.6) is 0 Å². The molecular formula is C49H93NO5. The van der Waals surface area contributed by atoms with Gasteiger partial charge in [-0.15, -0.1) is 0 Å². The lowest BCUT2D eigenvalue weighted by molar-refractivity contribution is -0.143. The Kier molecular flexibility index (Phi) is 43.7. The summed E-state index contributed by atoms with van der Waals surface area (Å²) in [6, 6.07) is -0.651. The van der Waals surface area contributed by atoms with E-state index in [0.717, 1.165) is 77.0 Å². The van der Waals surface area contributed by atoms with Crippen molar-refractivity contribution in [2.24, 2.45) is 0 Å². The van der Waals surface area contributed by atoms with Crippen LogP contribution in [0.3, 0.4) is 0 Å². The van der Waals surface area contributed by atoms with Crippen molar-refractivity contribution in [3.05, 3.63) is 24.3 Å². The first-order valence-electron chi connectivity index (χ1n) is 24.1. The lowest BCUT2D eigenvalue weighted by Crippen LogP contribution is -2.45. The molecule has 0 aliphatic heterocycles. The molecule has 0 spiro atoms. The van der Waals surface area contributed by atoms with Gasteiger partial charge in [-0.2, -0.15) is 0 Å². The molecule has 0 heterocycles. The van der Waals surface area contributed by atoms with Crippen molar-refractivity contribution in [2.45, 2.75) is 264 Å². The first kappa shape index (κ1) is 53.3. The fraction of sp³-hybridized carbons (Fsp3) is 0.878. The highest BCUT2D eigenvalue weighted by atomic mass is 16.5. The fourth-order valence-electron chi connectivity index (χ4n) is 7.21. The van der Waals surface area contributed by atoms with Crippen molar-refractivity contribution in [1.82, 2.24) is 5.32 Å². The highest BCUT2D eigenvalue weighted by Crippen LogP contribution is 2.15. The van der Waals surface area contributed by atoms with Gasteiger partial charge in [0, 0.05) is 12.8 Å². The van der Waals surface area contributed by atoms with E-state index in [9.17, 15) is 19.8 Å². The van der Waals surface area contributed by atoms with E-state index in [4.69, 9.17) is 4.74 Å². The molecule has 1 amide bonds. The van der Waals surface area contributed by atoms with E-state index >= 15 is 0 Å². The molecule has 2 atom stereocenters. The average Bonchev–Trinajstić information content (AvgIpc) is 3.18. The maximum Gasteiger partial charge on any atom is 0.305 e. The Hall–Kier alpha value is -1.66. The van der Waals surface area contributed by atoms with E-state index in [2.05, 4.69) is 31.3 Å². The topological polar surface area (TPSA) is 95.9 Å². The molecule has 0 fully saturated rings. The number of hydrogen-bond donors (Lipinski definition) is 3. The van der Waals surface area contributed by atoms with Crippen LogP contribution in [0.1, 0.15) is 251 Å². The van der Waals surface area contributed by atoms with Crippen LogP contribution in [0.25, 0.3) is 0 Å². The molecule has 0 radical (unpaired) electrons. The summed E-state index contributed by atoms with van der Waals surface area (Å²) in [5.41, 5.74) is 0. The van der Waals surface area contributed by atoms with Crippen molar-refractivity contribution >= 4 is 11.9 Å². The number of carbonyl (C=O) groups excluding carboxylic acids is 2. The van der Waals surface area contributed by atoms with E-state index in [1.807, 2.05) is 6.08 Å². The van der Waals surface area contributed by atoms with Crippen LogP contribution in [0.2, 0.25) is 0 Å². The Morgan fingerprint density at radius 1 is 0.491 bits per heavy atom. The molecule has 3 N–H and O–H groups in total. The van der Waals surface area contributed by atoms with Crippen LogP contribution in [-0.4, -0.2) is 47.4 Å². The number of unbranched alkanes of at least 4 members (excludes halogenated alkanes) is 31. The number of aliphatic hydroxyl groups is 2. The Morgan fingerprint density at radius 3 is 1.29 bits per heavy atom. The van der Waals surface area contributed by atoms with Crippen LogP contribution in [0, 0.1) is 0 Å². The van der Waals surface area contributed by atoms with Gasteiger partial charge in [0.2, 0.25) is 5.91 Å². The summed E-state index contributed by atoms with van der Waals surface area (Å²) in [4.78, 5) is 24.4. The molecule has 0 aliphatic carbocycles. The van der Waals surface area contributed by atoms with Crippen LogP contribution in [0.4, 0.5) is 0 Å². The van der Waals surface area contributed by atoms with Crippen molar-refractivity contribution in [1.29, 1.82) is 0 Å². The van der Waals surface area contributed by atoms with Gasteiger partial charge in [0.05, 0.1) is 25.4 Å². The van der Waals surface area contributed by atoms with Crippen LogP contribution in [-0.2, 0) is 14.3 Å². The van der Waals surface area contributed by atoms with E-state index in [1.165, 1.54) is 148 Å². The Balaban J connectivity index is 3.56. The number of rotatable bonds is 44. The van der Waals surface area contributed by atoms with Gasteiger partial charge in [-0.1, -0.05) is 205 Å². The van der Waals surface area contributed by atoms with Crippen LogP contribution >= 0.6 is 0 Å². The number of esters is 1. The van der Waals surface area contributed by atoms with Gasteiger partial charge in [0.1, 0.15) is 0 Å². The van der Waals surface area contributed by atoms with Crippen molar-refractivity contribution in [3.63, 3.8) is 0 Å². The molecule has 0 rings (SSSR count). The molecule has 0 aliphatic rings. The predicted molar refractivity (Wildman–Crippen MR) is 236 cm³/mol. The van der Waals surface area contributed by atoms with Gasteiger partial charge < -0.3 is 20.3 Å². The maximum absolute atomic E-state index is 12.4. The zero-order valence-corrected chi connectivity index (χ0v) is 36.7. The van der Waals surface area contributed by atoms with E-state index in [0.29, 0.717) is 19.4 Å².